The molecule has 2 heterocycles. The summed E-state index contributed by atoms with van der Waals surface area (Å²) in [5.41, 5.74) is 2.04. The van der Waals surface area contributed by atoms with Crippen molar-refractivity contribution in [2.24, 2.45) is 0 Å². The molecule has 0 amide bonds. The Labute approximate surface area is 196 Å². The number of aromatic nitrogens is 3. The Bertz CT molecular complexity index is 1410. The molecule has 4 rings (SSSR count). The van der Waals surface area contributed by atoms with E-state index >= 15 is 0 Å². The summed E-state index contributed by atoms with van der Waals surface area (Å²) >= 11 is 0. The Balaban J connectivity index is 1.46. The van der Waals surface area contributed by atoms with Gasteiger partial charge in [0.15, 0.2) is 0 Å². The third-order valence-electron chi connectivity index (χ3n) is 4.66. The van der Waals surface area contributed by atoms with E-state index in [9.17, 15) is 12.8 Å². The van der Waals surface area contributed by atoms with Crippen LogP contribution in [-0.2, 0) is 10.0 Å². The highest BCUT2D eigenvalue weighted by Crippen LogP contribution is 2.27. The van der Waals surface area contributed by atoms with Crippen LogP contribution in [0.5, 0.6) is 5.75 Å². The molecular formula is C23H21FN6O3S. The number of sulfonamides is 1. The van der Waals surface area contributed by atoms with Gasteiger partial charge in [-0.25, -0.2) is 27.8 Å². The lowest BCUT2D eigenvalue weighted by Gasteiger charge is -2.12. The van der Waals surface area contributed by atoms with Gasteiger partial charge in [0, 0.05) is 23.6 Å². The maximum absolute atomic E-state index is 13.6. The van der Waals surface area contributed by atoms with Crippen molar-refractivity contribution in [3.63, 3.8) is 0 Å². The van der Waals surface area contributed by atoms with Crippen molar-refractivity contribution in [2.75, 3.05) is 22.5 Å². The number of rotatable bonds is 8. The van der Waals surface area contributed by atoms with Gasteiger partial charge in [0.05, 0.1) is 7.11 Å². The predicted octanol–water partition coefficient (Wildman–Crippen LogP) is 4.62. The molecule has 9 nitrogen and oxygen atoms in total. The smallest absolute Gasteiger partial charge is 0.265 e. The first-order valence-electron chi connectivity index (χ1n) is 10.1. The molecule has 0 unspecified atom stereocenters. The minimum absolute atomic E-state index is 0.0428. The Morgan fingerprint density at radius 2 is 1.50 bits per heavy atom. The normalized spacial score (nSPS) is 11.0. The zero-order valence-corrected chi connectivity index (χ0v) is 19.1. The van der Waals surface area contributed by atoms with Gasteiger partial charge in [0.1, 0.15) is 40.2 Å². The summed E-state index contributed by atoms with van der Waals surface area (Å²) < 4.78 is 46.5. The molecule has 0 radical (unpaired) electrons. The Kier molecular flexibility index (Phi) is 6.55. The van der Waals surface area contributed by atoms with Crippen molar-refractivity contribution in [1.29, 1.82) is 0 Å². The minimum atomic E-state index is -4.06. The molecular weight excluding hydrogens is 459 g/mol. The van der Waals surface area contributed by atoms with Crippen molar-refractivity contribution >= 4 is 38.9 Å². The van der Waals surface area contributed by atoms with Crippen LogP contribution in [0.15, 0.2) is 78.1 Å². The number of halogens is 1. The molecule has 0 fully saturated rings. The minimum Gasteiger partial charge on any atom is -0.495 e. The molecule has 0 saturated carbocycles. The monoisotopic (exact) mass is 480 g/mol. The van der Waals surface area contributed by atoms with Crippen molar-refractivity contribution in [3.05, 3.63) is 84.6 Å². The Morgan fingerprint density at radius 3 is 2.21 bits per heavy atom. The maximum Gasteiger partial charge on any atom is 0.265 e. The van der Waals surface area contributed by atoms with E-state index in [4.69, 9.17) is 4.74 Å². The van der Waals surface area contributed by atoms with Crippen LogP contribution in [0.3, 0.4) is 0 Å². The molecule has 0 aliphatic carbocycles. The molecule has 0 spiro atoms. The lowest BCUT2D eigenvalue weighted by atomic mass is 10.3. The summed E-state index contributed by atoms with van der Waals surface area (Å²) in [4.78, 5) is 12.4. The maximum atomic E-state index is 13.6. The van der Waals surface area contributed by atoms with E-state index in [1.54, 1.807) is 36.5 Å². The van der Waals surface area contributed by atoms with Crippen LogP contribution in [0.2, 0.25) is 0 Å². The van der Waals surface area contributed by atoms with Gasteiger partial charge in [-0.3, -0.25) is 4.72 Å². The van der Waals surface area contributed by atoms with Crippen LogP contribution in [0.4, 0.5) is 33.2 Å². The van der Waals surface area contributed by atoms with E-state index < -0.39 is 15.8 Å². The fourth-order valence-electron chi connectivity index (χ4n) is 3.07. The standard InChI is InChI=1S/C23H21FN6O3S/c1-15-9-10-25-21(11-15)29-23-13-22(26-14-27-23)28-17-4-6-18(7-5-17)30-34(31,32)20-12-16(24)3-8-19(20)33-2/h3-14,30H,1-2H3,(H2,25,26,27,28,29). The number of nitrogens with zero attached hydrogens (tertiary/aromatic N) is 3. The van der Waals surface area contributed by atoms with E-state index in [0.29, 0.717) is 28.8 Å². The highest BCUT2D eigenvalue weighted by atomic mass is 32.2. The predicted molar refractivity (Wildman–Crippen MR) is 128 cm³/mol. The molecule has 0 bridgehead atoms. The van der Waals surface area contributed by atoms with Gasteiger partial charge in [-0.15, -0.1) is 0 Å². The van der Waals surface area contributed by atoms with Crippen LogP contribution >= 0.6 is 0 Å². The van der Waals surface area contributed by atoms with Crippen LogP contribution < -0.4 is 20.1 Å². The molecule has 2 aromatic heterocycles. The number of methoxy groups -OCH3 is 1. The van der Waals surface area contributed by atoms with Gasteiger partial charge < -0.3 is 15.4 Å². The molecule has 3 N–H and O–H groups in total. The molecule has 4 aromatic rings. The zero-order valence-electron chi connectivity index (χ0n) is 18.3. The number of hydrogen-bond acceptors (Lipinski definition) is 8. The van der Waals surface area contributed by atoms with E-state index in [1.807, 2.05) is 19.1 Å². The van der Waals surface area contributed by atoms with E-state index in [0.717, 1.165) is 17.7 Å². The van der Waals surface area contributed by atoms with Crippen molar-refractivity contribution in [2.45, 2.75) is 11.8 Å². The van der Waals surface area contributed by atoms with Gasteiger partial charge in [-0.1, -0.05) is 0 Å². The fraction of sp³-hybridized carbons (Fsp3) is 0.0870. The highest BCUT2D eigenvalue weighted by molar-refractivity contribution is 7.92. The molecule has 0 atom stereocenters. The Hall–Kier alpha value is -4.25. The van der Waals surface area contributed by atoms with Crippen molar-refractivity contribution < 1.29 is 17.5 Å². The fourth-order valence-corrected chi connectivity index (χ4v) is 4.31. The van der Waals surface area contributed by atoms with Gasteiger partial charge >= 0.3 is 0 Å². The quantitative estimate of drug-likeness (QED) is 0.334. The van der Waals surface area contributed by atoms with Crippen molar-refractivity contribution in [3.8, 4) is 5.75 Å². The number of anilines is 5. The van der Waals surface area contributed by atoms with Crippen LogP contribution in [-0.4, -0.2) is 30.5 Å². The average Bonchev–Trinajstić information content (AvgIpc) is 2.80. The largest absolute Gasteiger partial charge is 0.495 e. The lowest BCUT2D eigenvalue weighted by Crippen LogP contribution is -2.14. The summed E-state index contributed by atoms with van der Waals surface area (Å²) in [6.45, 7) is 1.97. The van der Waals surface area contributed by atoms with Crippen LogP contribution in [0, 0.1) is 12.7 Å². The second kappa shape index (κ2) is 9.71. The first-order valence-corrected chi connectivity index (χ1v) is 11.6. The van der Waals surface area contributed by atoms with Gasteiger partial charge in [0.2, 0.25) is 0 Å². The van der Waals surface area contributed by atoms with Gasteiger partial charge in [0.25, 0.3) is 10.0 Å². The number of nitrogens with one attached hydrogen (secondary N) is 3. The molecule has 174 valence electrons. The number of ether oxygens (including phenoxy) is 1. The summed E-state index contributed by atoms with van der Waals surface area (Å²) in [6, 6.07) is 15.3. The zero-order chi connectivity index (χ0) is 24.1. The summed E-state index contributed by atoms with van der Waals surface area (Å²) in [6.07, 6.45) is 3.12. The second-order valence-corrected chi connectivity index (χ2v) is 8.89. The van der Waals surface area contributed by atoms with Crippen LogP contribution in [0.25, 0.3) is 0 Å². The number of aryl methyl sites for hydroxylation is 1. The number of hydrogen-bond donors (Lipinski definition) is 3. The molecule has 11 heteroatoms. The molecule has 0 aliphatic rings. The molecule has 0 saturated heterocycles. The molecule has 34 heavy (non-hydrogen) atoms. The molecule has 2 aromatic carbocycles. The van der Waals surface area contributed by atoms with E-state index in [2.05, 4.69) is 30.3 Å². The highest BCUT2D eigenvalue weighted by Gasteiger charge is 2.20. The van der Waals surface area contributed by atoms with Crippen molar-refractivity contribution in [1.82, 2.24) is 15.0 Å². The summed E-state index contributed by atoms with van der Waals surface area (Å²) in [5, 5.41) is 6.25. The Morgan fingerprint density at radius 1 is 0.824 bits per heavy atom. The van der Waals surface area contributed by atoms with Crippen LogP contribution in [0.1, 0.15) is 5.56 Å². The third-order valence-corrected chi connectivity index (χ3v) is 6.07. The summed E-state index contributed by atoms with van der Waals surface area (Å²) in [7, 11) is -2.74. The topological polar surface area (TPSA) is 118 Å². The third kappa shape index (κ3) is 5.56. The lowest BCUT2D eigenvalue weighted by molar-refractivity contribution is 0.401. The van der Waals surface area contributed by atoms with E-state index in [1.165, 1.54) is 19.5 Å². The number of pyridine rings is 1. The van der Waals surface area contributed by atoms with E-state index in [-0.39, 0.29) is 10.6 Å². The first kappa shape index (κ1) is 22.9. The number of benzene rings is 2. The molecule has 0 aliphatic heterocycles. The van der Waals surface area contributed by atoms with Gasteiger partial charge in [-0.05, 0) is 67.1 Å². The summed E-state index contributed by atoms with van der Waals surface area (Å²) in [5.74, 6) is 1.11. The van der Waals surface area contributed by atoms with Gasteiger partial charge in [-0.2, -0.15) is 0 Å². The first-order chi connectivity index (χ1) is 16.3. The average molecular weight is 481 g/mol. The second-order valence-electron chi connectivity index (χ2n) is 7.23. The SMILES string of the molecule is COc1ccc(F)cc1S(=O)(=O)Nc1ccc(Nc2cc(Nc3cc(C)ccn3)ncn2)cc1.